The van der Waals surface area contributed by atoms with Crippen LogP contribution in [0.1, 0.15) is 47.1 Å². The number of hydrogen-bond donors (Lipinski definition) is 4. The largest absolute Gasteiger partial charge is 0.493 e. The lowest BCUT2D eigenvalue weighted by molar-refractivity contribution is -0.121. The Hall–Kier alpha value is -4.44. The van der Waals surface area contributed by atoms with Gasteiger partial charge in [-0.3, -0.25) is 30.6 Å². The van der Waals surface area contributed by atoms with Gasteiger partial charge in [-0.1, -0.05) is 45.0 Å². The van der Waals surface area contributed by atoms with Crippen LogP contribution in [0.15, 0.2) is 72.8 Å². The van der Waals surface area contributed by atoms with E-state index in [9.17, 15) is 14.4 Å². The van der Waals surface area contributed by atoms with Crippen molar-refractivity contribution in [1.29, 1.82) is 0 Å². The van der Waals surface area contributed by atoms with Crippen LogP contribution in [-0.4, -0.2) is 36.6 Å². The molecular formula is C28H30N4O5S. The fourth-order valence-electron chi connectivity index (χ4n) is 3.29. The van der Waals surface area contributed by atoms with Crippen LogP contribution in [0.5, 0.6) is 11.5 Å². The minimum atomic E-state index is -0.518. The third kappa shape index (κ3) is 8.04. The van der Waals surface area contributed by atoms with Gasteiger partial charge in [0.15, 0.2) is 23.2 Å². The van der Waals surface area contributed by atoms with E-state index < -0.39 is 11.8 Å². The van der Waals surface area contributed by atoms with Crippen LogP contribution in [-0.2, 0) is 10.2 Å². The second kappa shape index (κ2) is 12.7. The molecule has 0 unspecified atom stereocenters. The van der Waals surface area contributed by atoms with Crippen molar-refractivity contribution in [1.82, 2.24) is 16.2 Å². The van der Waals surface area contributed by atoms with E-state index in [1.54, 1.807) is 60.7 Å². The molecule has 0 aromatic heterocycles. The highest BCUT2D eigenvalue weighted by molar-refractivity contribution is 7.80. The zero-order valence-corrected chi connectivity index (χ0v) is 22.4. The van der Waals surface area contributed by atoms with Crippen LogP contribution in [0.2, 0.25) is 0 Å². The molecule has 0 saturated carbocycles. The van der Waals surface area contributed by atoms with Crippen molar-refractivity contribution >= 4 is 40.7 Å². The van der Waals surface area contributed by atoms with Gasteiger partial charge in [-0.2, -0.15) is 0 Å². The van der Waals surface area contributed by atoms with Gasteiger partial charge in [0.1, 0.15) is 0 Å². The number of rotatable bonds is 7. The molecule has 0 saturated heterocycles. The second-order valence-electron chi connectivity index (χ2n) is 9.25. The first-order chi connectivity index (χ1) is 18.1. The van der Waals surface area contributed by atoms with Gasteiger partial charge in [0.25, 0.3) is 17.7 Å². The molecule has 3 aromatic carbocycles. The van der Waals surface area contributed by atoms with E-state index >= 15 is 0 Å². The molecule has 0 atom stereocenters. The Morgan fingerprint density at radius 3 is 1.97 bits per heavy atom. The molecule has 198 valence electrons. The van der Waals surface area contributed by atoms with Gasteiger partial charge >= 0.3 is 0 Å². The van der Waals surface area contributed by atoms with Crippen LogP contribution in [0.3, 0.4) is 0 Å². The summed E-state index contributed by atoms with van der Waals surface area (Å²) in [6, 6.07) is 20.7. The third-order valence-electron chi connectivity index (χ3n) is 5.39. The topological polar surface area (TPSA) is 118 Å². The first-order valence-electron chi connectivity index (χ1n) is 11.7. The Labute approximate surface area is 226 Å². The Morgan fingerprint density at radius 1 is 0.789 bits per heavy atom. The van der Waals surface area contributed by atoms with E-state index in [-0.39, 0.29) is 23.0 Å². The molecule has 0 aliphatic heterocycles. The van der Waals surface area contributed by atoms with E-state index in [0.29, 0.717) is 28.3 Å². The molecule has 38 heavy (non-hydrogen) atoms. The summed E-state index contributed by atoms with van der Waals surface area (Å²) in [5.74, 6) is -0.345. The predicted octanol–water partition coefficient (Wildman–Crippen LogP) is 3.96. The fraction of sp³-hybridized carbons (Fsp3) is 0.214. The van der Waals surface area contributed by atoms with E-state index in [4.69, 9.17) is 21.7 Å². The molecule has 0 heterocycles. The van der Waals surface area contributed by atoms with Gasteiger partial charge in [-0.05, 0) is 71.7 Å². The molecule has 3 aromatic rings. The fourth-order valence-corrected chi connectivity index (χ4v) is 3.46. The molecule has 10 heteroatoms. The number of hydrogen-bond acceptors (Lipinski definition) is 6. The van der Waals surface area contributed by atoms with Crippen molar-refractivity contribution in [3.8, 4) is 11.5 Å². The Bertz CT molecular complexity index is 1300. The lowest BCUT2D eigenvalue weighted by Gasteiger charge is -2.19. The number of nitrogens with one attached hydrogen (secondary N) is 4. The highest BCUT2D eigenvalue weighted by Crippen LogP contribution is 2.25. The van der Waals surface area contributed by atoms with Gasteiger partial charge in [-0.25, -0.2) is 0 Å². The summed E-state index contributed by atoms with van der Waals surface area (Å²) in [5, 5.41) is 5.11. The van der Waals surface area contributed by atoms with Crippen LogP contribution in [0, 0.1) is 0 Å². The number of ether oxygens (including phenoxy) is 2. The minimum Gasteiger partial charge on any atom is -0.493 e. The summed E-state index contributed by atoms with van der Waals surface area (Å²) < 4.78 is 10.6. The smallest absolute Gasteiger partial charge is 0.269 e. The van der Waals surface area contributed by atoms with Crippen molar-refractivity contribution in [2.45, 2.75) is 26.2 Å². The van der Waals surface area contributed by atoms with Crippen molar-refractivity contribution < 1.29 is 23.9 Å². The molecule has 0 fully saturated rings. The molecule has 0 bridgehead atoms. The first-order valence-corrected chi connectivity index (χ1v) is 12.2. The monoisotopic (exact) mass is 534 g/mol. The maximum atomic E-state index is 12.6. The highest BCUT2D eigenvalue weighted by atomic mass is 32.1. The maximum Gasteiger partial charge on any atom is 0.269 e. The van der Waals surface area contributed by atoms with E-state index in [2.05, 4.69) is 42.3 Å². The van der Waals surface area contributed by atoms with Crippen LogP contribution in [0.25, 0.3) is 0 Å². The Kier molecular flexibility index (Phi) is 9.39. The lowest BCUT2D eigenvalue weighted by Crippen LogP contribution is -2.49. The van der Waals surface area contributed by atoms with E-state index in [1.807, 2.05) is 12.1 Å². The van der Waals surface area contributed by atoms with E-state index in [1.165, 1.54) is 7.11 Å². The number of anilines is 1. The molecule has 0 aliphatic carbocycles. The summed E-state index contributed by atoms with van der Waals surface area (Å²) in [4.78, 5) is 37.0. The summed E-state index contributed by atoms with van der Waals surface area (Å²) in [7, 11) is 1.50. The summed E-state index contributed by atoms with van der Waals surface area (Å²) in [6.45, 7) is 6.03. The summed E-state index contributed by atoms with van der Waals surface area (Å²) in [6.07, 6.45) is 0. The SMILES string of the molecule is COc1ccccc1OCC(=O)NC(=S)NNC(=O)c1ccc(NC(=O)c2ccc(C(C)(C)C)cc2)cc1. The average molecular weight is 535 g/mol. The Balaban J connectivity index is 1.44. The van der Waals surface area contributed by atoms with Gasteiger partial charge < -0.3 is 14.8 Å². The van der Waals surface area contributed by atoms with Crippen molar-refractivity contribution in [3.05, 3.63) is 89.5 Å². The number of hydrazine groups is 1. The molecule has 0 spiro atoms. The Morgan fingerprint density at radius 2 is 1.37 bits per heavy atom. The average Bonchev–Trinajstić information content (AvgIpc) is 2.90. The number of para-hydroxylation sites is 2. The number of amides is 3. The molecule has 4 N–H and O–H groups in total. The van der Waals surface area contributed by atoms with E-state index in [0.717, 1.165) is 5.56 Å². The molecule has 9 nitrogen and oxygen atoms in total. The van der Waals surface area contributed by atoms with Crippen molar-refractivity contribution in [2.24, 2.45) is 0 Å². The summed E-state index contributed by atoms with van der Waals surface area (Å²) in [5.41, 5.74) is 7.40. The quantitative estimate of drug-likeness (QED) is 0.268. The number of carbonyl (C=O) groups excluding carboxylic acids is 3. The number of benzene rings is 3. The van der Waals surface area contributed by atoms with Crippen LogP contribution >= 0.6 is 12.2 Å². The molecule has 3 amide bonds. The molecule has 0 aliphatic rings. The first kappa shape index (κ1) is 28.1. The number of carbonyl (C=O) groups is 3. The molecule has 3 rings (SSSR count). The maximum absolute atomic E-state index is 12.6. The van der Waals surface area contributed by atoms with Crippen LogP contribution < -0.4 is 31.0 Å². The normalized spacial score (nSPS) is 10.6. The van der Waals surface area contributed by atoms with Crippen molar-refractivity contribution in [3.63, 3.8) is 0 Å². The molecule has 0 radical (unpaired) electrons. The standard InChI is InChI=1S/C28H30N4O5S/c1-28(2,3)20-13-9-18(10-14-20)25(34)29-21-15-11-19(12-16-21)26(35)31-32-27(38)30-24(33)17-37-23-8-6-5-7-22(23)36-4/h5-16H,17H2,1-4H3,(H,29,34)(H,31,35)(H2,30,32,33,38). The zero-order valence-electron chi connectivity index (χ0n) is 21.6. The number of methoxy groups -OCH3 is 1. The predicted molar refractivity (Wildman–Crippen MR) is 149 cm³/mol. The highest BCUT2D eigenvalue weighted by Gasteiger charge is 2.15. The van der Waals surface area contributed by atoms with Gasteiger partial charge in [0.05, 0.1) is 7.11 Å². The van der Waals surface area contributed by atoms with Gasteiger partial charge in [0.2, 0.25) is 0 Å². The van der Waals surface area contributed by atoms with Gasteiger partial charge in [-0.15, -0.1) is 0 Å². The third-order valence-corrected chi connectivity index (χ3v) is 5.59. The second-order valence-corrected chi connectivity index (χ2v) is 9.66. The lowest BCUT2D eigenvalue weighted by atomic mass is 9.87. The summed E-state index contributed by atoms with van der Waals surface area (Å²) >= 11 is 5.04. The van der Waals surface area contributed by atoms with Crippen molar-refractivity contribution in [2.75, 3.05) is 19.0 Å². The van der Waals surface area contributed by atoms with Crippen LogP contribution in [0.4, 0.5) is 5.69 Å². The minimum absolute atomic E-state index is 0.00102. The number of thiocarbonyl (C=S) groups is 1. The molecular weight excluding hydrogens is 504 g/mol. The van der Waals surface area contributed by atoms with Gasteiger partial charge in [0, 0.05) is 16.8 Å². The zero-order chi connectivity index (χ0) is 27.7.